The zero-order valence-electron chi connectivity index (χ0n) is 11.2. The molecule has 1 aromatic rings. The first-order valence-electron chi connectivity index (χ1n) is 6.21. The minimum atomic E-state index is -1.05. The monoisotopic (exact) mass is 330 g/mol. The number of aromatic nitrogens is 4. The van der Waals surface area contributed by atoms with Crippen molar-refractivity contribution in [2.24, 2.45) is 12.8 Å². The third-order valence-corrected chi connectivity index (χ3v) is 6.81. The van der Waals surface area contributed by atoms with Crippen molar-refractivity contribution in [1.29, 1.82) is 0 Å². The molecular weight excluding hydrogens is 316 g/mol. The minimum absolute atomic E-state index is 0.0953. The van der Waals surface area contributed by atoms with Crippen molar-refractivity contribution < 1.29 is 14.7 Å². The molecule has 0 aliphatic carbocycles. The summed E-state index contributed by atoms with van der Waals surface area (Å²) in [5.74, 6) is 0.259. The zero-order chi connectivity index (χ0) is 15.2. The Morgan fingerprint density at radius 1 is 1.67 bits per heavy atom. The van der Waals surface area contributed by atoms with Gasteiger partial charge in [-0.15, -0.1) is 28.6 Å². The van der Waals surface area contributed by atoms with E-state index < -0.39 is 16.8 Å². The molecule has 1 aromatic heterocycles. The Morgan fingerprint density at radius 2 is 2.43 bits per heavy atom. The zero-order valence-corrected chi connectivity index (χ0v) is 12.8. The van der Waals surface area contributed by atoms with Gasteiger partial charge in [0.2, 0.25) is 5.91 Å². The molecule has 21 heavy (non-hydrogen) atoms. The van der Waals surface area contributed by atoms with Gasteiger partial charge in [-0.1, -0.05) is 0 Å². The van der Waals surface area contributed by atoms with E-state index in [-0.39, 0.29) is 17.8 Å². The van der Waals surface area contributed by atoms with Crippen molar-refractivity contribution in [3.63, 3.8) is 0 Å². The van der Waals surface area contributed by atoms with Crippen LogP contribution in [0.15, 0.2) is 0 Å². The van der Waals surface area contributed by atoms with Crippen LogP contribution >= 0.6 is 23.5 Å². The highest BCUT2D eigenvalue weighted by molar-refractivity contribution is 8.04. The number of hydrogen-bond donors (Lipinski definition) is 2. The lowest BCUT2D eigenvalue weighted by Gasteiger charge is -2.52. The molecule has 0 radical (unpaired) electrons. The summed E-state index contributed by atoms with van der Waals surface area (Å²) in [7, 11) is 1.70. The number of carboxylic acids is 1. The van der Waals surface area contributed by atoms with E-state index in [1.54, 1.807) is 11.9 Å². The Labute approximate surface area is 128 Å². The van der Waals surface area contributed by atoms with Crippen LogP contribution in [0.25, 0.3) is 0 Å². The van der Waals surface area contributed by atoms with Gasteiger partial charge in [0.05, 0.1) is 5.75 Å². The summed E-state index contributed by atoms with van der Waals surface area (Å²) in [6.07, 6.45) is 0. The highest BCUT2D eigenvalue weighted by Crippen LogP contribution is 2.44. The molecule has 2 aliphatic heterocycles. The molecule has 2 aliphatic rings. The molecule has 2 unspecified atom stereocenters. The van der Waals surface area contributed by atoms with Gasteiger partial charge in [-0.2, -0.15) is 0 Å². The molecule has 3 N–H and O–H groups in total. The Kier molecular flexibility index (Phi) is 3.58. The Morgan fingerprint density at radius 3 is 3.05 bits per heavy atom. The normalized spacial score (nSPS) is 31.7. The van der Waals surface area contributed by atoms with Crippen molar-refractivity contribution in [3.05, 3.63) is 5.82 Å². The summed E-state index contributed by atoms with van der Waals surface area (Å²) in [4.78, 5) is 25.0. The maximum atomic E-state index is 11.7. The van der Waals surface area contributed by atoms with Gasteiger partial charge in [0.25, 0.3) is 0 Å². The SMILES string of the molecule is Cn1nnnc1CSC1(C(=O)O)CS[C@@H]2C(N)C(=O)N2C1. The fourth-order valence-electron chi connectivity index (χ4n) is 2.30. The van der Waals surface area contributed by atoms with Gasteiger partial charge in [-0.25, -0.2) is 4.68 Å². The number of nitrogens with two attached hydrogens (primary N) is 1. The number of β-lactam (4-membered cyclic amide) rings is 1. The maximum absolute atomic E-state index is 11.7. The average molecular weight is 330 g/mol. The van der Waals surface area contributed by atoms with Crippen LogP contribution in [0.5, 0.6) is 0 Å². The van der Waals surface area contributed by atoms with Gasteiger partial charge in [0.15, 0.2) is 5.82 Å². The van der Waals surface area contributed by atoms with E-state index in [0.29, 0.717) is 17.3 Å². The van der Waals surface area contributed by atoms with Crippen molar-refractivity contribution in [2.45, 2.75) is 21.9 Å². The first-order chi connectivity index (χ1) is 9.94. The van der Waals surface area contributed by atoms with E-state index in [4.69, 9.17) is 5.73 Å². The first-order valence-corrected chi connectivity index (χ1v) is 8.24. The highest BCUT2D eigenvalue weighted by atomic mass is 32.2. The van der Waals surface area contributed by atoms with E-state index in [2.05, 4.69) is 15.5 Å². The molecule has 3 rings (SSSR count). The van der Waals surface area contributed by atoms with Crippen LogP contribution in [0.3, 0.4) is 0 Å². The number of carbonyl (C=O) groups excluding carboxylic acids is 1. The van der Waals surface area contributed by atoms with Crippen molar-refractivity contribution in [2.75, 3.05) is 12.3 Å². The average Bonchev–Trinajstić information content (AvgIpc) is 2.89. The molecule has 114 valence electrons. The van der Waals surface area contributed by atoms with Crippen LogP contribution in [0.1, 0.15) is 5.82 Å². The van der Waals surface area contributed by atoms with Gasteiger partial charge in [0, 0.05) is 19.3 Å². The second-order valence-electron chi connectivity index (χ2n) is 5.00. The van der Waals surface area contributed by atoms with Gasteiger partial charge < -0.3 is 15.7 Å². The summed E-state index contributed by atoms with van der Waals surface area (Å²) < 4.78 is 0.453. The van der Waals surface area contributed by atoms with Gasteiger partial charge in [-0.3, -0.25) is 9.59 Å². The van der Waals surface area contributed by atoms with Crippen LogP contribution in [0.2, 0.25) is 0 Å². The molecule has 0 aromatic carbocycles. The molecule has 0 bridgehead atoms. The smallest absolute Gasteiger partial charge is 0.322 e. The predicted molar refractivity (Wildman–Crippen MR) is 76.4 cm³/mol. The number of amides is 1. The molecular formula is C10H14N6O3S2. The molecule has 0 spiro atoms. The molecule has 11 heteroatoms. The van der Waals surface area contributed by atoms with Gasteiger partial charge in [0.1, 0.15) is 16.2 Å². The fourth-order valence-corrected chi connectivity index (χ4v) is 5.18. The lowest BCUT2D eigenvalue weighted by Crippen LogP contribution is -2.73. The molecule has 0 saturated carbocycles. The van der Waals surface area contributed by atoms with Crippen molar-refractivity contribution in [3.8, 4) is 0 Å². The number of nitrogens with zero attached hydrogens (tertiary/aromatic N) is 5. The largest absolute Gasteiger partial charge is 0.480 e. The number of tetrazole rings is 1. The summed E-state index contributed by atoms with van der Waals surface area (Å²) in [5, 5.41) is 20.6. The molecule has 3 heterocycles. The van der Waals surface area contributed by atoms with E-state index in [9.17, 15) is 14.7 Å². The van der Waals surface area contributed by atoms with Crippen LogP contribution in [-0.4, -0.2) is 70.6 Å². The van der Waals surface area contributed by atoms with Crippen LogP contribution in [-0.2, 0) is 22.4 Å². The summed E-state index contributed by atoms with van der Waals surface area (Å²) in [6, 6.07) is -0.505. The highest BCUT2D eigenvalue weighted by Gasteiger charge is 2.56. The van der Waals surface area contributed by atoms with Gasteiger partial charge >= 0.3 is 5.97 Å². The van der Waals surface area contributed by atoms with E-state index >= 15 is 0 Å². The summed E-state index contributed by atoms with van der Waals surface area (Å²) >= 11 is 2.67. The molecule has 2 fully saturated rings. The Hall–Kier alpha value is -1.33. The minimum Gasteiger partial charge on any atom is -0.480 e. The molecule has 1 amide bonds. The van der Waals surface area contributed by atoms with Crippen LogP contribution in [0.4, 0.5) is 0 Å². The van der Waals surface area contributed by atoms with Crippen molar-refractivity contribution >= 4 is 35.4 Å². The predicted octanol–water partition coefficient (Wildman–Crippen LogP) is -1.49. The lowest BCUT2D eigenvalue weighted by atomic mass is 10.0. The Balaban J connectivity index is 1.74. The number of thioether (sulfide) groups is 2. The first kappa shape index (κ1) is 14.6. The fraction of sp³-hybridized carbons (Fsp3) is 0.700. The Bertz CT molecular complexity index is 595. The number of aliphatic carboxylic acids is 1. The topological polar surface area (TPSA) is 127 Å². The number of aryl methyl sites for hydroxylation is 1. The standard InChI is InChI=1S/C10H14N6O3S2/c1-15-5(12-13-14-15)2-21-10(9(18)19)3-16-7(17)6(11)8(16)20-4-10/h6,8H,2-4,11H2,1H3,(H,18,19)/t6?,8-,10?/m1/s1. The summed E-state index contributed by atoms with van der Waals surface area (Å²) in [6.45, 7) is 0.169. The van der Waals surface area contributed by atoms with E-state index in [0.717, 1.165) is 0 Å². The number of rotatable bonds is 4. The number of fused-ring (bicyclic) bond motifs is 1. The number of hydrogen-bond acceptors (Lipinski definition) is 8. The van der Waals surface area contributed by atoms with E-state index in [1.165, 1.54) is 28.2 Å². The molecule has 3 atom stereocenters. The molecule has 9 nitrogen and oxygen atoms in total. The maximum Gasteiger partial charge on any atom is 0.322 e. The lowest BCUT2D eigenvalue weighted by molar-refractivity contribution is -0.148. The summed E-state index contributed by atoms with van der Waals surface area (Å²) in [5.41, 5.74) is 5.72. The van der Waals surface area contributed by atoms with Crippen molar-refractivity contribution in [1.82, 2.24) is 25.1 Å². The second-order valence-corrected chi connectivity index (χ2v) is 7.46. The quantitative estimate of drug-likeness (QED) is 0.634. The third kappa shape index (κ3) is 2.28. The number of carbonyl (C=O) groups is 2. The van der Waals surface area contributed by atoms with Crippen LogP contribution in [0, 0.1) is 0 Å². The number of carboxylic acid groups (broad SMARTS) is 1. The second kappa shape index (κ2) is 5.14. The van der Waals surface area contributed by atoms with Crippen LogP contribution < -0.4 is 5.73 Å². The third-order valence-electron chi connectivity index (χ3n) is 3.67. The molecule has 2 saturated heterocycles. The van der Waals surface area contributed by atoms with Gasteiger partial charge in [-0.05, 0) is 10.4 Å². The van der Waals surface area contributed by atoms with E-state index in [1.807, 2.05) is 0 Å².